The first-order chi connectivity index (χ1) is 17.0. The zero-order valence-corrected chi connectivity index (χ0v) is 20.1. The quantitative estimate of drug-likeness (QED) is 0.395. The molecule has 0 bridgehead atoms. The molecule has 0 spiro atoms. The van der Waals surface area contributed by atoms with Crippen molar-refractivity contribution in [2.24, 2.45) is 0 Å². The number of anilines is 3. The van der Waals surface area contributed by atoms with Gasteiger partial charge in [-0.05, 0) is 49.9 Å². The first kappa shape index (κ1) is 22.7. The number of carbonyl (C=O) groups excluding carboxylic acids is 1. The monoisotopic (exact) mass is 467 g/mol. The van der Waals surface area contributed by atoms with Gasteiger partial charge in [0.25, 0.3) is 0 Å². The largest absolute Gasteiger partial charge is 0.369 e. The lowest BCUT2D eigenvalue weighted by Crippen LogP contribution is -2.44. The maximum Gasteiger partial charge on any atom is 0.229 e. The van der Waals surface area contributed by atoms with E-state index in [0.717, 1.165) is 59.8 Å². The first-order valence-corrected chi connectivity index (χ1v) is 11.8. The number of ketones is 1. The molecule has 1 aliphatic rings. The molecular formula is C27H29N7O. The third kappa shape index (κ3) is 4.93. The molecule has 178 valence electrons. The highest BCUT2D eigenvalue weighted by Gasteiger charge is 2.17. The third-order valence-electron chi connectivity index (χ3n) is 6.37. The highest BCUT2D eigenvalue weighted by Crippen LogP contribution is 2.30. The van der Waals surface area contributed by atoms with E-state index in [4.69, 9.17) is 4.98 Å². The number of nitrogens with zero attached hydrogens (tertiary/aromatic N) is 5. The predicted octanol–water partition coefficient (Wildman–Crippen LogP) is 4.12. The summed E-state index contributed by atoms with van der Waals surface area (Å²) in [6, 6.07) is 16.2. The topological polar surface area (TPSA) is 90.0 Å². The average molecular weight is 468 g/mol. The number of hydrogen-bond acceptors (Lipinski definition) is 7. The SMILES string of the molecule is C=CC(=O)Cc1cccc(-c2nc(Nc3cccc(N4CCN(C)CC4)c3)nc3n[nH]c(C)c23)c1. The van der Waals surface area contributed by atoms with Gasteiger partial charge in [-0.15, -0.1) is 0 Å². The van der Waals surface area contributed by atoms with Crippen LogP contribution in [0.1, 0.15) is 11.3 Å². The molecular weight excluding hydrogens is 438 g/mol. The molecule has 2 N–H and O–H groups in total. The molecule has 2 aromatic heterocycles. The lowest BCUT2D eigenvalue weighted by Gasteiger charge is -2.34. The number of benzene rings is 2. The van der Waals surface area contributed by atoms with Crippen LogP contribution in [0.4, 0.5) is 17.3 Å². The molecule has 5 rings (SSSR count). The molecule has 4 aromatic rings. The van der Waals surface area contributed by atoms with Crippen LogP contribution in [0.5, 0.6) is 0 Å². The van der Waals surface area contributed by atoms with Crippen LogP contribution in [0.25, 0.3) is 22.3 Å². The van der Waals surface area contributed by atoms with Crippen molar-refractivity contribution in [1.82, 2.24) is 25.1 Å². The maximum atomic E-state index is 11.9. The molecule has 2 aromatic carbocycles. The summed E-state index contributed by atoms with van der Waals surface area (Å²) in [6.07, 6.45) is 1.66. The molecule has 0 amide bonds. The number of aryl methyl sites for hydroxylation is 1. The van der Waals surface area contributed by atoms with Crippen molar-refractivity contribution < 1.29 is 4.79 Å². The van der Waals surface area contributed by atoms with Crippen molar-refractivity contribution in [3.63, 3.8) is 0 Å². The van der Waals surface area contributed by atoms with Gasteiger partial charge in [0.2, 0.25) is 5.95 Å². The Morgan fingerprint density at radius 2 is 1.91 bits per heavy atom. The highest BCUT2D eigenvalue weighted by molar-refractivity contribution is 5.94. The smallest absolute Gasteiger partial charge is 0.229 e. The normalized spacial score (nSPS) is 14.3. The Morgan fingerprint density at radius 3 is 2.71 bits per heavy atom. The number of nitrogens with one attached hydrogen (secondary N) is 2. The number of piperazine rings is 1. The number of rotatable bonds is 7. The molecule has 1 saturated heterocycles. The fourth-order valence-corrected chi connectivity index (χ4v) is 4.41. The van der Waals surface area contributed by atoms with Gasteiger partial charge in [-0.3, -0.25) is 9.89 Å². The molecule has 0 saturated carbocycles. The Labute approximate surface area is 204 Å². The van der Waals surface area contributed by atoms with Crippen molar-refractivity contribution >= 4 is 34.1 Å². The molecule has 35 heavy (non-hydrogen) atoms. The molecule has 0 atom stereocenters. The van der Waals surface area contributed by atoms with Crippen LogP contribution >= 0.6 is 0 Å². The van der Waals surface area contributed by atoms with E-state index in [9.17, 15) is 4.79 Å². The second-order valence-corrected chi connectivity index (χ2v) is 8.96. The van der Waals surface area contributed by atoms with Gasteiger partial charge in [0, 0.05) is 55.2 Å². The molecule has 0 unspecified atom stereocenters. The molecule has 8 heteroatoms. The van der Waals surface area contributed by atoms with E-state index < -0.39 is 0 Å². The molecule has 8 nitrogen and oxygen atoms in total. The zero-order chi connectivity index (χ0) is 24.4. The fourth-order valence-electron chi connectivity index (χ4n) is 4.41. The molecule has 1 aliphatic heterocycles. The van der Waals surface area contributed by atoms with Crippen LogP contribution < -0.4 is 10.2 Å². The van der Waals surface area contributed by atoms with E-state index in [0.29, 0.717) is 18.0 Å². The number of aromatic nitrogens is 4. The van der Waals surface area contributed by atoms with Crippen molar-refractivity contribution in [3.05, 3.63) is 72.4 Å². The predicted molar refractivity (Wildman–Crippen MR) is 140 cm³/mol. The summed E-state index contributed by atoms with van der Waals surface area (Å²) in [4.78, 5) is 26.2. The molecule has 1 fully saturated rings. The van der Waals surface area contributed by atoms with Crippen LogP contribution in [0.15, 0.2) is 61.2 Å². The lowest BCUT2D eigenvalue weighted by atomic mass is 10.0. The Balaban J connectivity index is 1.48. The molecule has 0 radical (unpaired) electrons. The number of H-pyrrole nitrogens is 1. The van der Waals surface area contributed by atoms with E-state index >= 15 is 0 Å². The van der Waals surface area contributed by atoms with E-state index in [1.54, 1.807) is 0 Å². The minimum atomic E-state index is -0.0166. The van der Waals surface area contributed by atoms with E-state index in [2.05, 4.69) is 56.1 Å². The Kier molecular flexibility index (Phi) is 6.29. The number of carbonyl (C=O) groups is 1. The van der Waals surface area contributed by atoms with Gasteiger partial charge < -0.3 is 15.1 Å². The van der Waals surface area contributed by atoms with Crippen LogP contribution in [0.2, 0.25) is 0 Å². The van der Waals surface area contributed by atoms with Crippen molar-refractivity contribution in [2.75, 3.05) is 43.4 Å². The minimum absolute atomic E-state index is 0.0166. The summed E-state index contributed by atoms with van der Waals surface area (Å²) in [5.74, 6) is 0.458. The number of likely N-dealkylation sites (N-methyl/N-ethyl adjacent to an activating group) is 1. The van der Waals surface area contributed by atoms with Gasteiger partial charge in [0.15, 0.2) is 11.4 Å². The molecule has 3 heterocycles. The van der Waals surface area contributed by atoms with Gasteiger partial charge in [-0.2, -0.15) is 10.1 Å². The lowest BCUT2D eigenvalue weighted by molar-refractivity contribution is -0.114. The second-order valence-electron chi connectivity index (χ2n) is 8.96. The van der Waals surface area contributed by atoms with E-state index in [-0.39, 0.29) is 5.78 Å². The van der Waals surface area contributed by atoms with Gasteiger partial charge in [0.05, 0.1) is 11.1 Å². The van der Waals surface area contributed by atoms with Crippen LogP contribution in [0.3, 0.4) is 0 Å². The van der Waals surface area contributed by atoms with Crippen LogP contribution in [0, 0.1) is 6.92 Å². The Bertz CT molecular complexity index is 1390. The fraction of sp³-hybridized carbons (Fsp3) is 0.259. The van der Waals surface area contributed by atoms with Crippen molar-refractivity contribution in [2.45, 2.75) is 13.3 Å². The average Bonchev–Trinajstić information content (AvgIpc) is 3.24. The number of hydrogen-bond donors (Lipinski definition) is 2. The number of allylic oxidation sites excluding steroid dienone is 1. The Hall–Kier alpha value is -4.04. The van der Waals surface area contributed by atoms with Crippen molar-refractivity contribution in [1.29, 1.82) is 0 Å². The standard InChI is InChI=1S/C27H29N7O/c1-4-23(35)16-19-7-5-8-20(15-19)25-24-18(2)31-32-26(24)30-27(29-25)28-21-9-6-10-22(17-21)34-13-11-33(3)12-14-34/h4-10,15,17H,1,11-14,16H2,2-3H3,(H2,28,29,30,31,32). The summed E-state index contributed by atoms with van der Waals surface area (Å²) < 4.78 is 0. The van der Waals surface area contributed by atoms with Crippen molar-refractivity contribution in [3.8, 4) is 11.3 Å². The van der Waals surface area contributed by atoms with Gasteiger partial charge in [-0.1, -0.05) is 30.8 Å². The van der Waals surface area contributed by atoms with Gasteiger partial charge in [-0.25, -0.2) is 4.98 Å². The first-order valence-electron chi connectivity index (χ1n) is 11.8. The summed E-state index contributed by atoms with van der Waals surface area (Å²) in [5, 5.41) is 11.7. The van der Waals surface area contributed by atoms with E-state index in [1.165, 1.54) is 11.8 Å². The summed E-state index contributed by atoms with van der Waals surface area (Å²) in [6.45, 7) is 9.65. The zero-order valence-electron chi connectivity index (χ0n) is 20.1. The van der Waals surface area contributed by atoms with Gasteiger partial charge in [0.1, 0.15) is 0 Å². The van der Waals surface area contributed by atoms with E-state index in [1.807, 2.05) is 43.3 Å². The second kappa shape index (κ2) is 9.68. The molecule has 0 aliphatic carbocycles. The highest BCUT2D eigenvalue weighted by atomic mass is 16.1. The van der Waals surface area contributed by atoms with Crippen LogP contribution in [-0.2, 0) is 11.2 Å². The third-order valence-corrected chi connectivity index (χ3v) is 6.37. The van der Waals surface area contributed by atoms with Crippen LogP contribution in [-0.4, -0.2) is 64.1 Å². The maximum absolute atomic E-state index is 11.9. The number of fused-ring (bicyclic) bond motifs is 1. The number of aromatic amines is 1. The minimum Gasteiger partial charge on any atom is -0.369 e. The summed E-state index contributed by atoms with van der Waals surface area (Å²) >= 11 is 0. The Morgan fingerprint density at radius 1 is 1.11 bits per heavy atom. The van der Waals surface area contributed by atoms with Gasteiger partial charge >= 0.3 is 0 Å². The summed E-state index contributed by atoms with van der Waals surface area (Å²) in [5.41, 5.74) is 6.18. The summed E-state index contributed by atoms with van der Waals surface area (Å²) in [7, 11) is 2.16.